The van der Waals surface area contributed by atoms with Crippen LogP contribution in [0, 0.1) is 0 Å². The van der Waals surface area contributed by atoms with Gasteiger partial charge in [-0.05, 0) is 68.4 Å². The zero-order valence-electron chi connectivity index (χ0n) is 23.7. The van der Waals surface area contributed by atoms with Crippen LogP contribution < -0.4 is 5.32 Å². The number of alkyl halides is 3. The summed E-state index contributed by atoms with van der Waals surface area (Å²) in [7, 11) is 0. The van der Waals surface area contributed by atoms with Gasteiger partial charge in [-0.15, -0.1) is 0 Å². The Morgan fingerprint density at radius 3 is 2.37 bits per heavy atom. The molecule has 0 bridgehead atoms. The number of hydrogen-bond acceptors (Lipinski definition) is 7. The van der Waals surface area contributed by atoms with Crippen LogP contribution in [-0.4, -0.2) is 79.9 Å². The number of nitrogens with zero attached hydrogens (tertiary/aromatic N) is 4. The Labute approximate surface area is 248 Å². The number of rotatable bonds is 7. The highest BCUT2D eigenvalue weighted by Crippen LogP contribution is 2.42. The Morgan fingerprint density at radius 2 is 1.67 bits per heavy atom. The second kappa shape index (κ2) is 12.0. The Morgan fingerprint density at radius 1 is 0.977 bits per heavy atom. The van der Waals surface area contributed by atoms with Gasteiger partial charge in [0.1, 0.15) is 6.23 Å². The summed E-state index contributed by atoms with van der Waals surface area (Å²) in [6.45, 7) is 1.52. The largest absolute Gasteiger partial charge is 0.416 e. The molecule has 3 fully saturated rings. The van der Waals surface area contributed by atoms with Crippen molar-refractivity contribution in [3.8, 4) is 11.4 Å². The predicted molar refractivity (Wildman–Crippen MR) is 154 cm³/mol. The second-order valence-corrected chi connectivity index (χ2v) is 11.9. The maximum atomic E-state index is 13.0. The number of nitrogens with one attached hydrogen (secondary N) is 1. The third-order valence-corrected chi connectivity index (χ3v) is 9.44. The van der Waals surface area contributed by atoms with Crippen LogP contribution in [0.2, 0.25) is 0 Å². The number of halogens is 3. The minimum absolute atomic E-state index is 0.0655. The highest BCUT2D eigenvalue weighted by atomic mass is 19.4. The fraction of sp³-hybridized carbons (Fsp3) is 0.469. The lowest BCUT2D eigenvalue weighted by atomic mass is 9.77. The van der Waals surface area contributed by atoms with E-state index in [9.17, 15) is 28.2 Å². The molecule has 6 rings (SSSR count). The van der Waals surface area contributed by atoms with Gasteiger partial charge in [0.15, 0.2) is 5.82 Å². The SMILES string of the molecule is O=C(NCC(O)N1CC[C@@H]2[C@H]1CCN2C1CCC(O)(c2ccc(-c3ncccn3)cc2)CC1)c1cccc(C(F)(F)F)c1. The smallest absolute Gasteiger partial charge is 0.385 e. The van der Waals surface area contributed by atoms with Gasteiger partial charge in [0.05, 0.1) is 17.7 Å². The van der Waals surface area contributed by atoms with Gasteiger partial charge in [0, 0.05) is 54.7 Å². The lowest BCUT2D eigenvalue weighted by Crippen LogP contribution is -2.49. The molecule has 3 heterocycles. The van der Waals surface area contributed by atoms with Crippen LogP contribution in [0.3, 0.4) is 0 Å². The van der Waals surface area contributed by atoms with Crippen molar-refractivity contribution >= 4 is 5.91 Å². The van der Waals surface area contributed by atoms with Gasteiger partial charge >= 0.3 is 6.18 Å². The minimum Gasteiger partial charge on any atom is -0.385 e. The molecule has 3 atom stereocenters. The first-order valence-electron chi connectivity index (χ1n) is 14.9. The summed E-state index contributed by atoms with van der Waals surface area (Å²) in [6.07, 6.45) is 2.83. The van der Waals surface area contributed by atoms with Gasteiger partial charge in [-0.3, -0.25) is 14.6 Å². The lowest BCUT2D eigenvalue weighted by molar-refractivity contribution is -0.137. The molecule has 3 N–H and O–H groups in total. The normalized spacial score (nSPS) is 27.1. The van der Waals surface area contributed by atoms with Crippen molar-refractivity contribution in [1.82, 2.24) is 25.1 Å². The number of carbonyl (C=O) groups excluding carboxylic acids is 1. The maximum Gasteiger partial charge on any atom is 0.416 e. The van der Waals surface area contributed by atoms with E-state index in [0.717, 1.165) is 55.5 Å². The molecule has 0 radical (unpaired) electrons. The highest BCUT2D eigenvalue weighted by Gasteiger charge is 2.48. The Hall–Kier alpha value is -3.38. The van der Waals surface area contributed by atoms with Crippen molar-refractivity contribution in [2.24, 2.45) is 0 Å². The van der Waals surface area contributed by atoms with Gasteiger partial charge in [-0.25, -0.2) is 9.97 Å². The Balaban J connectivity index is 1.01. The van der Waals surface area contributed by atoms with Crippen molar-refractivity contribution in [2.45, 2.75) is 74.7 Å². The van der Waals surface area contributed by atoms with E-state index in [0.29, 0.717) is 31.3 Å². The fourth-order valence-electron chi connectivity index (χ4n) is 7.19. The van der Waals surface area contributed by atoms with Crippen molar-refractivity contribution in [1.29, 1.82) is 0 Å². The number of aliphatic hydroxyl groups is 2. The molecule has 1 saturated carbocycles. The monoisotopic (exact) mass is 595 g/mol. The van der Waals surface area contributed by atoms with Gasteiger partial charge in [-0.2, -0.15) is 13.2 Å². The third kappa shape index (κ3) is 6.17. The van der Waals surface area contributed by atoms with Crippen LogP contribution in [0.15, 0.2) is 67.0 Å². The molecule has 2 aromatic carbocycles. The molecule has 1 unspecified atom stereocenters. The molecule has 8 nitrogen and oxygen atoms in total. The zero-order chi connectivity index (χ0) is 30.2. The quantitative estimate of drug-likeness (QED) is 0.377. The first-order valence-corrected chi connectivity index (χ1v) is 14.9. The molecular formula is C32H36F3N5O3. The van der Waals surface area contributed by atoms with Crippen LogP contribution in [0.25, 0.3) is 11.4 Å². The second-order valence-electron chi connectivity index (χ2n) is 11.9. The first kappa shape index (κ1) is 29.7. The molecular weight excluding hydrogens is 559 g/mol. The van der Waals surface area contributed by atoms with E-state index in [1.807, 2.05) is 29.2 Å². The van der Waals surface area contributed by atoms with Crippen LogP contribution in [0.4, 0.5) is 13.2 Å². The summed E-state index contributed by atoms with van der Waals surface area (Å²) < 4.78 is 39.1. The third-order valence-electron chi connectivity index (χ3n) is 9.44. The van der Waals surface area contributed by atoms with Crippen molar-refractivity contribution in [3.63, 3.8) is 0 Å². The van der Waals surface area contributed by atoms with Crippen molar-refractivity contribution < 1.29 is 28.2 Å². The van der Waals surface area contributed by atoms with E-state index in [1.165, 1.54) is 12.1 Å². The molecule has 43 heavy (non-hydrogen) atoms. The van der Waals surface area contributed by atoms with E-state index in [1.54, 1.807) is 18.5 Å². The number of carbonyl (C=O) groups is 1. The molecule has 2 saturated heterocycles. The Bertz CT molecular complexity index is 1410. The number of aromatic nitrogens is 2. The summed E-state index contributed by atoms with van der Waals surface area (Å²) in [5.41, 5.74) is -0.0279. The first-order chi connectivity index (χ1) is 20.6. The summed E-state index contributed by atoms with van der Waals surface area (Å²) in [5.74, 6) is 0.00818. The topological polar surface area (TPSA) is 102 Å². The number of hydrogen-bond donors (Lipinski definition) is 3. The number of benzene rings is 2. The Kier molecular flexibility index (Phi) is 8.25. The maximum absolute atomic E-state index is 13.0. The van der Waals surface area contributed by atoms with Crippen LogP contribution in [0.5, 0.6) is 0 Å². The van der Waals surface area contributed by atoms with Crippen LogP contribution >= 0.6 is 0 Å². The number of fused-ring (bicyclic) bond motifs is 1. The zero-order valence-corrected chi connectivity index (χ0v) is 23.7. The molecule has 3 aliphatic rings. The summed E-state index contributed by atoms with van der Waals surface area (Å²) in [4.78, 5) is 25.7. The van der Waals surface area contributed by atoms with E-state index >= 15 is 0 Å². The minimum atomic E-state index is -4.53. The molecule has 1 amide bonds. The summed E-state index contributed by atoms with van der Waals surface area (Å²) >= 11 is 0. The van der Waals surface area contributed by atoms with E-state index in [-0.39, 0.29) is 24.2 Å². The number of likely N-dealkylation sites (tertiary alicyclic amines) is 2. The van der Waals surface area contributed by atoms with Crippen molar-refractivity contribution in [2.75, 3.05) is 19.6 Å². The predicted octanol–water partition coefficient (Wildman–Crippen LogP) is 4.19. The highest BCUT2D eigenvalue weighted by molar-refractivity contribution is 5.94. The molecule has 2 aliphatic heterocycles. The van der Waals surface area contributed by atoms with E-state index < -0.39 is 29.5 Å². The fourth-order valence-corrected chi connectivity index (χ4v) is 7.19. The molecule has 11 heteroatoms. The van der Waals surface area contributed by atoms with Crippen molar-refractivity contribution in [3.05, 3.63) is 83.7 Å². The average Bonchev–Trinajstić information content (AvgIpc) is 3.63. The van der Waals surface area contributed by atoms with Crippen LogP contribution in [-0.2, 0) is 11.8 Å². The van der Waals surface area contributed by atoms with E-state index in [2.05, 4.69) is 20.2 Å². The molecule has 3 aromatic rings. The average molecular weight is 596 g/mol. The van der Waals surface area contributed by atoms with Gasteiger partial charge in [-0.1, -0.05) is 30.3 Å². The van der Waals surface area contributed by atoms with E-state index in [4.69, 9.17) is 0 Å². The lowest BCUT2D eigenvalue weighted by Gasteiger charge is -2.41. The van der Waals surface area contributed by atoms with Crippen LogP contribution in [0.1, 0.15) is 60.0 Å². The van der Waals surface area contributed by atoms with Gasteiger partial charge < -0.3 is 15.5 Å². The standard InChI is InChI=1S/C32H36F3N5O3/c33-32(34,35)24-4-1-3-22(19-24)30(42)38-20-28(41)40-18-12-26-27(40)11-17-39(26)25-9-13-31(43,14-10-25)23-7-5-21(6-8-23)29-36-15-2-16-37-29/h1-8,15-16,19,25-28,41,43H,9-14,17-18,20H2,(H,38,42)/t25?,26-,27-,28?,31?/m1/s1. The van der Waals surface area contributed by atoms with Gasteiger partial charge in [0.25, 0.3) is 5.91 Å². The summed E-state index contributed by atoms with van der Waals surface area (Å²) in [5, 5.41) is 25.1. The molecule has 228 valence electrons. The number of amides is 1. The molecule has 1 aromatic heterocycles. The number of aliphatic hydroxyl groups excluding tert-OH is 1. The summed E-state index contributed by atoms with van der Waals surface area (Å²) in [6, 6.07) is 14.7. The van der Waals surface area contributed by atoms with Gasteiger partial charge in [0.2, 0.25) is 0 Å². The molecule has 1 aliphatic carbocycles. The molecule has 0 spiro atoms.